The standard InChI is InChI=1S/C33H31NO4S/c35-30(38-23-26-15-7-2-8-16-26)22-34-32(36)29(21-25-13-5-1-6-14-25)24-39-33(37)31(27-17-9-3-10-18-27)28-19-11-4-12-20-28/h1-20,29,31H,21-24H2,(H,34,36). The molecule has 0 bridgehead atoms. The Labute approximate surface area is 233 Å². The molecule has 0 radical (unpaired) electrons. The lowest BCUT2D eigenvalue weighted by molar-refractivity contribution is -0.145. The minimum absolute atomic E-state index is 0.0273. The van der Waals surface area contributed by atoms with E-state index in [4.69, 9.17) is 4.74 Å². The van der Waals surface area contributed by atoms with Gasteiger partial charge in [0.15, 0.2) is 0 Å². The van der Waals surface area contributed by atoms with Crippen molar-refractivity contribution in [1.82, 2.24) is 5.32 Å². The topological polar surface area (TPSA) is 72.5 Å². The molecule has 0 aliphatic heterocycles. The fraction of sp³-hybridized carbons (Fsp3) is 0.182. The second-order valence-corrected chi connectivity index (χ2v) is 10.2. The molecule has 0 fully saturated rings. The van der Waals surface area contributed by atoms with Crippen molar-refractivity contribution < 1.29 is 19.1 Å². The summed E-state index contributed by atoms with van der Waals surface area (Å²) in [6.45, 7) is -0.0834. The molecule has 5 nitrogen and oxygen atoms in total. The number of amides is 1. The van der Waals surface area contributed by atoms with E-state index in [1.54, 1.807) is 0 Å². The van der Waals surface area contributed by atoms with Crippen LogP contribution in [-0.2, 0) is 32.1 Å². The third kappa shape index (κ3) is 8.69. The van der Waals surface area contributed by atoms with Gasteiger partial charge >= 0.3 is 5.97 Å². The molecule has 0 saturated heterocycles. The molecule has 0 saturated carbocycles. The van der Waals surface area contributed by atoms with E-state index in [0.29, 0.717) is 6.42 Å². The Kier molecular flexibility index (Phi) is 10.5. The number of hydrogen-bond donors (Lipinski definition) is 1. The molecule has 0 spiro atoms. The molecule has 1 unspecified atom stereocenters. The predicted octanol–water partition coefficient (Wildman–Crippen LogP) is 5.80. The Morgan fingerprint density at radius 1 is 0.667 bits per heavy atom. The Morgan fingerprint density at radius 3 is 1.69 bits per heavy atom. The summed E-state index contributed by atoms with van der Waals surface area (Å²) in [5.74, 6) is -1.45. The number of nitrogens with one attached hydrogen (secondary N) is 1. The number of benzene rings is 4. The van der Waals surface area contributed by atoms with Gasteiger partial charge in [-0.05, 0) is 28.7 Å². The van der Waals surface area contributed by atoms with Crippen molar-refractivity contribution in [3.05, 3.63) is 144 Å². The first-order valence-corrected chi connectivity index (χ1v) is 13.9. The minimum atomic E-state index is -0.511. The van der Waals surface area contributed by atoms with Crippen LogP contribution in [0.25, 0.3) is 0 Å². The maximum atomic E-state index is 13.6. The Hall–Kier alpha value is -4.16. The fourth-order valence-corrected chi connectivity index (χ4v) is 5.31. The van der Waals surface area contributed by atoms with E-state index >= 15 is 0 Å². The van der Waals surface area contributed by atoms with Gasteiger partial charge in [0.2, 0.25) is 11.0 Å². The Morgan fingerprint density at radius 2 is 1.15 bits per heavy atom. The van der Waals surface area contributed by atoms with Crippen LogP contribution in [0.2, 0.25) is 0 Å². The maximum Gasteiger partial charge on any atom is 0.325 e. The van der Waals surface area contributed by atoms with Crippen molar-refractivity contribution in [2.24, 2.45) is 5.92 Å². The molecule has 1 N–H and O–H groups in total. The maximum absolute atomic E-state index is 13.6. The van der Waals surface area contributed by atoms with Gasteiger partial charge < -0.3 is 10.1 Å². The molecule has 198 valence electrons. The van der Waals surface area contributed by atoms with Crippen molar-refractivity contribution in [3.63, 3.8) is 0 Å². The van der Waals surface area contributed by atoms with Crippen molar-refractivity contribution in [2.45, 2.75) is 18.9 Å². The van der Waals surface area contributed by atoms with Gasteiger partial charge in [-0.1, -0.05) is 133 Å². The summed E-state index contributed by atoms with van der Waals surface area (Å²) in [6.07, 6.45) is 0.452. The second-order valence-electron chi connectivity index (χ2n) is 9.14. The van der Waals surface area contributed by atoms with E-state index in [1.807, 2.05) is 121 Å². The normalized spacial score (nSPS) is 11.5. The van der Waals surface area contributed by atoms with Crippen LogP contribution in [0.5, 0.6) is 0 Å². The first-order chi connectivity index (χ1) is 19.1. The van der Waals surface area contributed by atoms with Crippen molar-refractivity contribution in [1.29, 1.82) is 0 Å². The number of carbonyl (C=O) groups is 3. The number of carbonyl (C=O) groups excluding carboxylic acids is 3. The smallest absolute Gasteiger partial charge is 0.325 e. The Bertz CT molecular complexity index is 1290. The summed E-state index contributed by atoms with van der Waals surface area (Å²) in [5.41, 5.74) is 3.68. The van der Waals surface area contributed by atoms with Gasteiger partial charge in [-0.2, -0.15) is 0 Å². The molecule has 0 aliphatic rings. The zero-order valence-electron chi connectivity index (χ0n) is 21.6. The van der Waals surface area contributed by atoms with E-state index < -0.39 is 17.8 Å². The van der Waals surface area contributed by atoms with Crippen molar-refractivity contribution in [2.75, 3.05) is 12.3 Å². The Balaban J connectivity index is 1.41. The largest absolute Gasteiger partial charge is 0.460 e. The van der Waals surface area contributed by atoms with E-state index in [1.165, 1.54) is 0 Å². The average molecular weight is 538 g/mol. The van der Waals surface area contributed by atoms with E-state index in [2.05, 4.69) is 5.32 Å². The highest BCUT2D eigenvalue weighted by Gasteiger charge is 2.27. The summed E-state index contributed by atoms with van der Waals surface area (Å²) in [5, 5.41) is 2.69. The fourth-order valence-electron chi connectivity index (χ4n) is 4.24. The molecule has 4 rings (SSSR count). The molecule has 0 aromatic heterocycles. The van der Waals surface area contributed by atoms with Crippen molar-refractivity contribution in [3.8, 4) is 0 Å². The SMILES string of the molecule is O=C(CNC(=O)C(CSC(=O)C(c1ccccc1)c1ccccc1)Cc1ccccc1)OCc1ccccc1. The molecule has 6 heteroatoms. The van der Waals surface area contributed by atoms with Crippen LogP contribution in [-0.4, -0.2) is 29.3 Å². The minimum Gasteiger partial charge on any atom is -0.460 e. The van der Waals surface area contributed by atoms with Gasteiger partial charge in [0.1, 0.15) is 13.2 Å². The van der Waals surface area contributed by atoms with Crippen LogP contribution in [0.1, 0.15) is 28.2 Å². The van der Waals surface area contributed by atoms with Crippen LogP contribution in [0.15, 0.2) is 121 Å². The van der Waals surface area contributed by atoms with Gasteiger partial charge in [0, 0.05) is 5.75 Å². The number of esters is 1. The van der Waals surface area contributed by atoms with Crippen LogP contribution in [0.3, 0.4) is 0 Å². The van der Waals surface area contributed by atoms with Gasteiger partial charge in [-0.15, -0.1) is 0 Å². The number of hydrogen-bond acceptors (Lipinski definition) is 5. The van der Waals surface area contributed by atoms with E-state index in [-0.39, 0.29) is 29.9 Å². The lowest BCUT2D eigenvalue weighted by Gasteiger charge is -2.20. The summed E-state index contributed by atoms with van der Waals surface area (Å²) < 4.78 is 5.29. The highest BCUT2D eigenvalue weighted by molar-refractivity contribution is 8.13. The molecule has 0 aliphatic carbocycles. The summed E-state index contributed by atoms with van der Waals surface area (Å²) >= 11 is 1.16. The molecule has 1 atom stereocenters. The lowest BCUT2D eigenvalue weighted by atomic mass is 9.92. The quantitative estimate of drug-likeness (QED) is 0.231. The van der Waals surface area contributed by atoms with Crippen LogP contribution < -0.4 is 5.32 Å². The van der Waals surface area contributed by atoms with Crippen molar-refractivity contribution >= 4 is 28.8 Å². The third-order valence-electron chi connectivity index (χ3n) is 6.27. The number of rotatable bonds is 12. The zero-order chi connectivity index (χ0) is 27.3. The summed E-state index contributed by atoms with van der Waals surface area (Å²) in [7, 11) is 0. The number of thioether (sulfide) groups is 1. The van der Waals surface area contributed by atoms with Gasteiger partial charge in [0.25, 0.3) is 0 Å². The molecule has 4 aromatic carbocycles. The predicted molar refractivity (Wildman–Crippen MR) is 155 cm³/mol. The van der Waals surface area contributed by atoms with E-state index in [0.717, 1.165) is 34.0 Å². The molecule has 1 amide bonds. The highest BCUT2D eigenvalue weighted by atomic mass is 32.2. The average Bonchev–Trinajstić information content (AvgIpc) is 2.99. The van der Waals surface area contributed by atoms with Crippen LogP contribution >= 0.6 is 11.8 Å². The van der Waals surface area contributed by atoms with E-state index in [9.17, 15) is 14.4 Å². The monoisotopic (exact) mass is 537 g/mol. The zero-order valence-corrected chi connectivity index (χ0v) is 22.4. The molecular formula is C33H31NO4S. The van der Waals surface area contributed by atoms with Gasteiger partial charge in [0.05, 0.1) is 11.8 Å². The summed E-state index contributed by atoms with van der Waals surface area (Å²) in [6, 6.07) is 38.4. The van der Waals surface area contributed by atoms with Gasteiger partial charge in [-0.3, -0.25) is 14.4 Å². The molecule has 39 heavy (non-hydrogen) atoms. The highest BCUT2D eigenvalue weighted by Crippen LogP contribution is 2.31. The first kappa shape index (κ1) is 27.9. The van der Waals surface area contributed by atoms with Crippen LogP contribution in [0, 0.1) is 5.92 Å². The third-order valence-corrected chi connectivity index (χ3v) is 7.36. The lowest BCUT2D eigenvalue weighted by Crippen LogP contribution is -2.37. The van der Waals surface area contributed by atoms with Crippen LogP contribution in [0.4, 0.5) is 0 Å². The molecule has 0 heterocycles. The molecular weight excluding hydrogens is 506 g/mol. The number of ether oxygens (including phenoxy) is 1. The second kappa shape index (κ2) is 14.7. The summed E-state index contributed by atoms with van der Waals surface area (Å²) in [4.78, 5) is 39.0. The molecule has 4 aromatic rings. The van der Waals surface area contributed by atoms with Gasteiger partial charge in [-0.25, -0.2) is 0 Å². The first-order valence-electron chi connectivity index (χ1n) is 12.9.